The topological polar surface area (TPSA) is 9.23 Å². The normalized spacial score (nSPS) is 11.7. The highest BCUT2D eigenvalue weighted by Crippen LogP contribution is 2.42. The molecule has 0 saturated carbocycles. The highest BCUT2D eigenvalue weighted by molar-refractivity contribution is 9.10. The zero-order valence-corrected chi connectivity index (χ0v) is 14.9. The van der Waals surface area contributed by atoms with Gasteiger partial charge in [-0.05, 0) is 41.6 Å². The molecule has 0 radical (unpaired) electrons. The van der Waals surface area contributed by atoms with Crippen molar-refractivity contribution in [2.75, 3.05) is 0 Å². The van der Waals surface area contributed by atoms with E-state index in [4.69, 9.17) is 4.18 Å². The summed E-state index contributed by atoms with van der Waals surface area (Å²) >= 11 is 2.87. The number of hydrogen-bond donors (Lipinski definition) is 0. The molecule has 0 aromatic heterocycles. The van der Waals surface area contributed by atoms with E-state index in [1.807, 2.05) is 48.5 Å². The number of rotatable bonds is 3. The molecule has 0 unspecified atom stereocenters. The summed E-state index contributed by atoms with van der Waals surface area (Å²) in [4.78, 5) is 0. The molecule has 24 heavy (non-hydrogen) atoms. The molecular weight excluding hydrogens is 401 g/mol. The van der Waals surface area contributed by atoms with E-state index in [1.54, 1.807) is 13.0 Å². The van der Waals surface area contributed by atoms with Gasteiger partial charge in [-0.15, -0.1) is 0 Å². The monoisotopic (exact) mass is 412 g/mol. The standard InChI is InChI=1S/C18H12BrF3OS/c1-11-15(12-5-3-2-4-6-12)9-13-7-8-14(19)10-16(13)17(11)23-24-18(20,21)22/h2-10H,1H3. The van der Waals surface area contributed by atoms with Gasteiger partial charge in [-0.2, -0.15) is 13.2 Å². The molecule has 0 aliphatic carbocycles. The lowest BCUT2D eigenvalue weighted by atomic mass is 9.95. The SMILES string of the molecule is Cc1c(-c2ccccc2)cc2ccc(Br)cc2c1OSC(F)(F)F. The Balaban J connectivity index is 2.21. The van der Waals surface area contributed by atoms with Crippen LogP contribution in [0.25, 0.3) is 21.9 Å². The Morgan fingerprint density at radius 2 is 1.71 bits per heavy atom. The van der Waals surface area contributed by atoms with Crippen LogP contribution >= 0.6 is 28.0 Å². The third kappa shape index (κ3) is 3.70. The Morgan fingerprint density at radius 3 is 2.38 bits per heavy atom. The zero-order valence-electron chi connectivity index (χ0n) is 12.5. The number of benzene rings is 3. The van der Waals surface area contributed by atoms with Gasteiger partial charge in [0, 0.05) is 15.4 Å². The van der Waals surface area contributed by atoms with Crippen LogP contribution in [0.2, 0.25) is 0 Å². The Labute approximate surface area is 150 Å². The zero-order chi connectivity index (χ0) is 17.3. The van der Waals surface area contributed by atoms with Crippen molar-refractivity contribution in [3.05, 3.63) is 64.6 Å². The maximum Gasteiger partial charge on any atom is 0.479 e. The third-order valence-electron chi connectivity index (χ3n) is 3.61. The van der Waals surface area contributed by atoms with E-state index in [1.165, 1.54) is 0 Å². The fraction of sp³-hybridized carbons (Fsp3) is 0.111. The van der Waals surface area contributed by atoms with Crippen LogP contribution in [-0.2, 0) is 0 Å². The molecule has 0 amide bonds. The van der Waals surface area contributed by atoms with E-state index in [2.05, 4.69) is 15.9 Å². The molecule has 6 heteroatoms. The molecule has 3 aromatic carbocycles. The van der Waals surface area contributed by atoms with Gasteiger partial charge >= 0.3 is 5.51 Å². The largest absolute Gasteiger partial charge is 0.479 e. The second-order valence-corrected chi connectivity index (χ2v) is 6.93. The van der Waals surface area contributed by atoms with Crippen LogP contribution in [0.3, 0.4) is 0 Å². The van der Waals surface area contributed by atoms with Gasteiger partial charge in [0.05, 0.1) is 0 Å². The summed E-state index contributed by atoms with van der Waals surface area (Å²) in [5, 5.41) is 1.46. The van der Waals surface area contributed by atoms with Crippen molar-refractivity contribution < 1.29 is 17.4 Å². The maximum atomic E-state index is 12.6. The highest BCUT2D eigenvalue weighted by Gasteiger charge is 2.32. The van der Waals surface area contributed by atoms with Crippen LogP contribution in [-0.4, -0.2) is 5.51 Å². The highest BCUT2D eigenvalue weighted by atomic mass is 79.9. The first kappa shape index (κ1) is 17.2. The quantitative estimate of drug-likeness (QED) is 0.423. The van der Waals surface area contributed by atoms with Crippen molar-refractivity contribution in [2.45, 2.75) is 12.4 Å². The van der Waals surface area contributed by atoms with Gasteiger partial charge in [0.1, 0.15) is 5.75 Å². The summed E-state index contributed by atoms with van der Waals surface area (Å²) in [6, 6.07) is 17.0. The summed E-state index contributed by atoms with van der Waals surface area (Å²) in [7, 11) is 0. The van der Waals surface area contributed by atoms with Gasteiger partial charge in [0.2, 0.25) is 0 Å². The van der Waals surface area contributed by atoms with Gasteiger partial charge in [-0.1, -0.05) is 52.3 Å². The molecular formula is C18H12BrF3OS. The minimum absolute atomic E-state index is 0.231. The van der Waals surface area contributed by atoms with Crippen LogP contribution in [0.1, 0.15) is 5.56 Å². The van der Waals surface area contributed by atoms with Gasteiger partial charge < -0.3 is 4.18 Å². The maximum absolute atomic E-state index is 12.6. The fourth-order valence-electron chi connectivity index (χ4n) is 2.55. The van der Waals surface area contributed by atoms with E-state index in [9.17, 15) is 13.2 Å². The molecule has 3 rings (SSSR count). The van der Waals surface area contributed by atoms with Crippen molar-refractivity contribution >= 4 is 38.7 Å². The van der Waals surface area contributed by atoms with Crippen LogP contribution in [0, 0.1) is 6.92 Å². The summed E-state index contributed by atoms with van der Waals surface area (Å²) in [6.07, 6.45) is 0. The van der Waals surface area contributed by atoms with Gasteiger partial charge in [-0.25, -0.2) is 0 Å². The molecule has 0 atom stereocenters. The molecule has 0 bridgehead atoms. The molecule has 0 aliphatic heterocycles. The lowest BCUT2D eigenvalue weighted by Crippen LogP contribution is -2.04. The first-order valence-corrected chi connectivity index (χ1v) is 8.59. The van der Waals surface area contributed by atoms with E-state index < -0.39 is 17.6 Å². The first-order chi connectivity index (χ1) is 11.3. The average Bonchev–Trinajstić information content (AvgIpc) is 2.53. The number of alkyl halides is 3. The molecule has 3 aromatic rings. The first-order valence-electron chi connectivity index (χ1n) is 7.06. The molecule has 1 nitrogen and oxygen atoms in total. The summed E-state index contributed by atoms with van der Waals surface area (Å²) < 4.78 is 43.7. The number of halogens is 4. The van der Waals surface area contributed by atoms with E-state index in [0.29, 0.717) is 10.9 Å². The lowest BCUT2D eigenvalue weighted by Gasteiger charge is -2.16. The minimum atomic E-state index is -4.46. The predicted octanol–water partition coefficient (Wildman–Crippen LogP) is 7.12. The molecule has 0 heterocycles. The van der Waals surface area contributed by atoms with Crippen LogP contribution < -0.4 is 4.18 Å². The number of hydrogen-bond acceptors (Lipinski definition) is 2. The van der Waals surface area contributed by atoms with E-state index in [0.717, 1.165) is 21.0 Å². The van der Waals surface area contributed by atoms with Crippen molar-refractivity contribution in [3.8, 4) is 16.9 Å². The summed E-state index contributed by atoms with van der Waals surface area (Å²) in [5.41, 5.74) is -2.01. The Hall–Kier alpha value is -1.66. The van der Waals surface area contributed by atoms with Gasteiger partial charge in [0.15, 0.2) is 12.0 Å². The van der Waals surface area contributed by atoms with Gasteiger partial charge in [0.25, 0.3) is 0 Å². The molecule has 124 valence electrons. The van der Waals surface area contributed by atoms with E-state index in [-0.39, 0.29) is 5.75 Å². The number of fused-ring (bicyclic) bond motifs is 1. The summed E-state index contributed by atoms with van der Waals surface area (Å²) in [6.45, 7) is 1.77. The fourth-order valence-corrected chi connectivity index (χ4v) is 3.31. The molecule has 0 fully saturated rings. The Morgan fingerprint density at radius 1 is 1.00 bits per heavy atom. The molecule has 0 spiro atoms. The van der Waals surface area contributed by atoms with Crippen molar-refractivity contribution in [3.63, 3.8) is 0 Å². The average molecular weight is 413 g/mol. The lowest BCUT2D eigenvalue weighted by molar-refractivity contribution is -0.0369. The van der Waals surface area contributed by atoms with Crippen molar-refractivity contribution in [1.29, 1.82) is 0 Å². The van der Waals surface area contributed by atoms with Crippen LogP contribution in [0.4, 0.5) is 13.2 Å². The Bertz CT molecular complexity index is 879. The summed E-state index contributed by atoms with van der Waals surface area (Å²) in [5.74, 6) is 0.231. The smallest absolute Gasteiger partial charge is 0.416 e. The van der Waals surface area contributed by atoms with E-state index >= 15 is 0 Å². The van der Waals surface area contributed by atoms with Crippen LogP contribution in [0.15, 0.2) is 59.1 Å². The van der Waals surface area contributed by atoms with Crippen molar-refractivity contribution in [1.82, 2.24) is 0 Å². The molecule has 0 saturated heterocycles. The minimum Gasteiger partial charge on any atom is -0.416 e. The third-order valence-corrected chi connectivity index (χ3v) is 4.54. The predicted molar refractivity (Wildman–Crippen MR) is 96.1 cm³/mol. The van der Waals surface area contributed by atoms with Gasteiger partial charge in [-0.3, -0.25) is 0 Å². The Kier molecular flexibility index (Phi) is 4.78. The molecule has 0 aliphatic rings. The second kappa shape index (κ2) is 6.69. The molecule has 0 N–H and O–H groups in total. The second-order valence-electron chi connectivity index (χ2n) is 5.22. The van der Waals surface area contributed by atoms with Crippen LogP contribution in [0.5, 0.6) is 5.75 Å². The van der Waals surface area contributed by atoms with Crippen molar-refractivity contribution in [2.24, 2.45) is 0 Å².